The number of rotatable bonds is 3. The SMILES string of the molecule is COc1ccc(CN2CN=C(C(F)(F)F)c3cc(Cl)c(Br)cc32)cc1. The normalized spacial score (nSPS) is 14.2. The number of anilines is 1. The fourth-order valence-electron chi connectivity index (χ4n) is 2.63. The van der Waals surface area contributed by atoms with Crippen LogP contribution in [0.15, 0.2) is 45.9 Å². The van der Waals surface area contributed by atoms with E-state index >= 15 is 0 Å². The largest absolute Gasteiger partial charge is 0.497 e. The number of alkyl halides is 3. The molecular weight excluding hydrogens is 421 g/mol. The number of fused-ring (bicyclic) bond motifs is 1. The van der Waals surface area contributed by atoms with E-state index in [1.165, 1.54) is 6.07 Å². The molecule has 0 fully saturated rings. The first-order valence-corrected chi connectivity index (χ1v) is 8.45. The summed E-state index contributed by atoms with van der Waals surface area (Å²) in [4.78, 5) is 5.51. The molecule has 0 amide bonds. The lowest BCUT2D eigenvalue weighted by atomic mass is 10.0. The van der Waals surface area contributed by atoms with Gasteiger partial charge in [-0.1, -0.05) is 23.7 Å². The van der Waals surface area contributed by atoms with Gasteiger partial charge >= 0.3 is 6.18 Å². The lowest BCUT2D eigenvalue weighted by Crippen LogP contribution is -2.35. The molecule has 132 valence electrons. The summed E-state index contributed by atoms with van der Waals surface area (Å²) in [5, 5.41) is 0.210. The van der Waals surface area contributed by atoms with Crippen molar-refractivity contribution in [2.75, 3.05) is 18.7 Å². The second-order valence-electron chi connectivity index (χ2n) is 5.48. The highest BCUT2D eigenvalue weighted by Crippen LogP contribution is 2.38. The van der Waals surface area contributed by atoms with Crippen LogP contribution in [0.2, 0.25) is 5.02 Å². The van der Waals surface area contributed by atoms with Crippen molar-refractivity contribution in [2.24, 2.45) is 4.99 Å². The fraction of sp³-hybridized carbons (Fsp3) is 0.235. The summed E-state index contributed by atoms with van der Waals surface area (Å²) < 4.78 is 45.5. The van der Waals surface area contributed by atoms with E-state index in [0.717, 1.165) is 11.3 Å². The van der Waals surface area contributed by atoms with E-state index in [2.05, 4.69) is 20.9 Å². The maximum Gasteiger partial charge on any atom is 0.433 e. The van der Waals surface area contributed by atoms with Crippen molar-refractivity contribution < 1.29 is 17.9 Å². The zero-order valence-corrected chi connectivity index (χ0v) is 15.4. The number of benzene rings is 2. The van der Waals surface area contributed by atoms with Gasteiger partial charge in [-0.2, -0.15) is 13.2 Å². The van der Waals surface area contributed by atoms with E-state index in [4.69, 9.17) is 16.3 Å². The van der Waals surface area contributed by atoms with Gasteiger partial charge in [-0.25, -0.2) is 0 Å². The van der Waals surface area contributed by atoms with Crippen LogP contribution in [0.25, 0.3) is 0 Å². The van der Waals surface area contributed by atoms with Crippen molar-refractivity contribution >= 4 is 38.9 Å². The Morgan fingerprint density at radius 3 is 2.52 bits per heavy atom. The summed E-state index contributed by atoms with van der Waals surface area (Å²) in [6.07, 6.45) is -4.53. The molecule has 0 unspecified atom stereocenters. The molecule has 0 bridgehead atoms. The number of hydrogen-bond donors (Lipinski definition) is 0. The van der Waals surface area contributed by atoms with Crippen molar-refractivity contribution in [3.63, 3.8) is 0 Å². The van der Waals surface area contributed by atoms with Gasteiger partial charge in [0.15, 0.2) is 5.71 Å². The topological polar surface area (TPSA) is 24.8 Å². The van der Waals surface area contributed by atoms with E-state index in [1.807, 2.05) is 24.3 Å². The maximum absolute atomic E-state index is 13.3. The summed E-state index contributed by atoms with van der Waals surface area (Å²) in [6, 6.07) is 10.2. The first kappa shape index (κ1) is 18.1. The van der Waals surface area contributed by atoms with Crippen LogP contribution in [0.3, 0.4) is 0 Å². The van der Waals surface area contributed by atoms with E-state index in [1.54, 1.807) is 18.1 Å². The fourth-order valence-corrected chi connectivity index (χ4v) is 3.13. The number of aliphatic imine (C=N–C) groups is 1. The molecule has 0 saturated carbocycles. The molecule has 0 aromatic heterocycles. The number of methoxy groups -OCH3 is 1. The minimum absolute atomic E-state index is 0.0135. The van der Waals surface area contributed by atoms with Crippen LogP contribution in [-0.4, -0.2) is 25.7 Å². The van der Waals surface area contributed by atoms with Gasteiger partial charge in [0.05, 0.1) is 12.1 Å². The Balaban J connectivity index is 1.98. The highest BCUT2D eigenvalue weighted by molar-refractivity contribution is 9.10. The molecule has 0 saturated heterocycles. The first-order valence-electron chi connectivity index (χ1n) is 7.28. The van der Waals surface area contributed by atoms with E-state index in [0.29, 0.717) is 16.7 Å². The van der Waals surface area contributed by atoms with Crippen molar-refractivity contribution in [3.05, 3.63) is 57.0 Å². The third-order valence-corrected chi connectivity index (χ3v) is 5.03. The van der Waals surface area contributed by atoms with Crippen molar-refractivity contribution in [1.82, 2.24) is 0 Å². The molecule has 2 aromatic rings. The summed E-state index contributed by atoms with van der Waals surface area (Å²) in [6.45, 7) is 0.335. The molecule has 0 spiro atoms. The third kappa shape index (κ3) is 3.77. The van der Waals surface area contributed by atoms with Gasteiger partial charge in [0.1, 0.15) is 12.4 Å². The lowest BCUT2D eigenvalue weighted by molar-refractivity contribution is -0.0583. The predicted octanol–water partition coefficient (Wildman–Crippen LogP) is 5.44. The zero-order valence-electron chi connectivity index (χ0n) is 13.1. The van der Waals surface area contributed by atoms with Gasteiger partial charge < -0.3 is 9.64 Å². The Morgan fingerprint density at radius 1 is 1.24 bits per heavy atom. The van der Waals surface area contributed by atoms with Crippen molar-refractivity contribution in [2.45, 2.75) is 12.7 Å². The smallest absolute Gasteiger partial charge is 0.433 e. The van der Waals surface area contributed by atoms with Crippen LogP contribution in [0.5, 0.6) is 5.75 Å². The van der Waals surface area contributed by atoms with Crippen molar-refractivity contribution in [1.29, 1.82) is 0 Å². The second-order valence-corrected chi connectivity index (χ2v) is 6.74. The molecular formula is C17H13BrClF3N2O. The summed E-state index contributed by atoms with van der Waals surface area (Å²) in [5.41, 5.74) is 0.459. The summed E-state index contributed by atoms with van der Waals surface area (Å²) in [5.74, 6) is 0.717. The van der Waals surface area contributed by atoms with Crippen LogP contribution in [-0.2, 0) is 6.54 Å². The lowest BCUT2D eigenvalue weighted by Gasteiger charge is -2.31. The van der Waals surface area contributed by atoms with E-state index in [-0.39, 0.29) is 17.3 Å². The minimum atomic E-state index is -4.53. The highest BCUT2D eigenvalue weighted by atomic mass is 79.9. The minimum Gasteiger partial charge on any atom is -0.497 e. The summed E-state index contributed by atoms with van der Waals surface area (Å²) in [7, 11) is 1.57. The Bertz CT molecular complexity index is 822. The number of halogens is 5. The summed E-state index contributed by atoms with van der Waals surface area (Å²) >= 11 is 9.28. The van der Waals surface area contributed by atoms with Gasteiger partial charge in [-0.05, 0) is 45.8 Å². The molecule has 1 aliphatic rings. The van der Waals surface area contributed by atoms with Crippen molar-refractivity contribution in [3.8, 4) is 5.75 Å². The highest BCUT2D eigenvalue weighted by Gasteiger charge is 2.40. The quantitative estimate of drug-likeness (QED) is 0.644. The van der Waals surface area contributed by atoms with Crippen LogP contribution < -0.4 is 9.64 Å². The van der Waals surface area contributed by atoms with Crippen LogP contribution in [0.1, 0.15) is 11.1 Å². The molecule has 8 heteroatoms. The molecule has 3 rings (SSSR count). The van der Waals surface area contributed by atoms with Crippen LogP contribution >= 0.6 is 27.5 Å². The molecule has 3 nitrogen and oxygen atoms in total. The Hall–Kier alpha value is -1.73. The average molecular weight is 434 g/mol. The molecule has 1 heterocycles. The predicted molar refractivity (Wildman–Crippen MR) is 95.8 cm³/mol. The molecule has 1 aliphatic heterocycles. The Morgan fingerprint density at radius 2 is 1.92 bits per heavy atom. The molecule has 0 N–H and O–H groups in total. The number of nitrogens with zero attached hydrogens (tertiary/aromatic N) is 2. The zero-order chi connectivity index (χ0) is 18.2. The number of hydrogen-bond acceptors (Lipinski definition) is 3. The van der Waals surface area contributed by atoms with Crippen LogP contribution in [0.4, 0.5) is 18.9 Å². The molecule has 2 aromatic carbocycles. The molecule has 25 heavy (non-hydrogen) atoms. The maximum atomic E-state index is 13.3. The van der Waals surface area contributed by atoms with Gasteiger partial charge in [0.25, 0.3) is 0 Å². The van der Waals surface area contributed by atoms with Gasteiger partial charge in [0.2, 0.25) is 0 Å². The average Bonchev–Trinajstić information content (AvgIpc) is 2.56. The Labute approximate surface area is 156 Å². The first-order chi connectivity index (χ1) is 11.8. The number of ether oxygens (including phenoxy) is 1. The molecule has 0 atom stereocenters. The van der Waals surface area contributed by atoms with Gasteiger partial charge in [-0.15, -0.1) is 0 Å². The Kier molecular flexibility index (Phi) is 4.97. The molecule has 0 aliphatic carbocycles. The standard InChI is InChI=1S/C17H13BrClF3N2O/c1-25-11-4-2-10(3-5-11)8-24-9-23-16(17(20,21)22)12-6-14(19)13(18)7-15(12)24/h2-7H,8-9H2,1H3. The second kappa shape index (κ2) is 6.88. The molecule has 0 radical (unpaired) electrons. The van der Waals surface area contributed by atoms with Gasteiger partial charge in [-0.3, -0.25) is 4.99 Å². The van der Waals surface area contributed by atoms with Gasteiger partial charge in [0, 0.05) is 22.3 Å². The monoisotopic (exact) mass is 432 g/mol. The third-order valence-electron chi connectivity index (χ3n) is 3.83. The van der Waals surface area contributed by atoms with E-state index < -0.39 is 11.9 Å². The van der Waals surface area contributed by atoms with E-state index in [9.17, 15) is 13.2 Å². The van der Waals surface area contributed by atoms with Crippen LogP contribution in [0, 0.1) is 0 Å².